The van der Waals surface area contributed by atoms with Crippen LogP contribution in [-0.2, 0) is 0 Å². The van der Waals surface area contributed by atoms with Gasteiger partial charge in [-0.2, -0.15) is 19.9 Å². The van der Waals surface area contributed by atoms with Crippen LogP contribution in [0.2, 0.25) is 5.28 Å². The van der Waals surface area contributed by atoms with Crippen LogP contribution in [0.4, 0.5) is 0 Å². The molecule has 0 spiro atoms. The highest BCUT2D eigenvalue weighted by Gasteiger charge is 2.27. The van der Waals surface area contributed by atoms with E-state index in [2.05, 4.69) is 107 Å². The zero-order valence-corrected chi connectivity index (χ0v) is 73.6. The maximum atomic E-state index is 9.80. The number of benzene rings is 18. The Kier molecular flexibility index (Phi) is 14.7. The average Bonchev–Trinajstić information content (AvgIpc) is 1.54. The Morgan fingerprint density at radius 3 is 1.15 bits per heavy atom. The molecule has 0 amide bonds. The van der Waals surface area contributed by atoms with Crippen molar-refractivity contribution in [1.82, 2.24) is 58.6 Å². The lowest BCUT2D eigenvalue weighted by molar-refractivity contribution is 0.668. The normalized spacial score (nSPS) is 14.0. The van der Waals surface area contributed by atoms with Crippen molar-refractivity contribution in [2.45, 2.75) is 0 Å². The van der Waals surface area contributed by atoms with Crippen LogP contribution in [0.5, 0.6) is 0 Å². The van der Waals surface area contributed by atoms with Crippen LogP contribution in [0.15, 0.2) is 430 Å². The highest BCUT2D eigenvalue weighted by Crippen LogP contribution is 2.46. The minimum Gasteiger partial charge on any atom is -0.456 e. The van der Waals surface area contributed by atoms with Gasteiger partial charge in [-0.15, -0.1) is 0 Å². The van der Waals surface area contributed by atoms with Gasteiger partial charge in [0, 0.05) is 143 Å². The molecular weight excluding hydrogens is 1770 g/mol. The zero-order valence-electron chi connectivity index (χ0n) is 92.3. The first-order chi connectivity index (χ1) is 76.5. The van der Waals surface area contributed by atoms with Gasteiger partial charge in [-0.05, 0) is 121 Å². The fourth-order valence-corrected chi connectivity index (χ4v) is 18.9. The summed E-state index contributed by atoms with van der Waals surface area (Å²) in [6, 6.07) is 84.2. The average molecular weight is 1870 g/mol. The summed E-state index contributed by atoms with van der Waals surface area (Å²) in [5, 5.41) is 11.6. The van der Waals surface area contributed by atoms with Crippen LogP contribution in [0.1, 0.15) is 41.5 Å². The molecule has 17 heteroatoms. The fourth-order valence-electron chi connectivity index (χ4n) is 18.5. The molecule has 1 aliphatic carbocycles. The molecule has 11 heterocycles. The number of H-pyrrole nitrogens is 3. The number of hydrogen-bond acceptors (Lipinski definition) is 9. The van der Waals surface area contributed by atoms with E-state index in [0.717, 1.165) is 98.6 Å². The number of fused-ring (bicyclic) bond motifs is 30. The minimum atomic E-state index is -0.484. The Morgan fingerprint density at radius 1 is 0.299 bits per heavy atom. The highest BCUT2D eigenvalue weighted by molar-refractivity contribution is 9.10. The highest BCUT2D eigenvalue weighted by atomic mass is 79.9. The molecule has 0 atom stereocenters. The smallest absolute Gasteiger partial charge is 0.238 e. The Hall–Kier alpha value is -17.9. The topological polar surface area (TPSA) is 179 Å². The fraction of sp³-hybridized carbons (Fsp3) is 0. The van der Waals surface area contributed by atoms with E-state index in [4.69, 9.17) is 63.1 Å². The number of nitrogens with zero attached hydrogens (tertiary/aromatic N) is 9. The van der Waals surface area contributed by atoms with Crippen LogP contribution in [-0.4, -0.2) is 58.6 Å². The monoisotopic (exact) mass is 1870 g/mol. The minimum absolute atomic E-state index is 0. The second-order valence-electron chi connectivity index (χ2n) is 32.3. The third-order valence-corrected chi connectivity index (χ3v) is 25.0. The van der Waals surface area contributed by atoms with Crippen LogP contribution in [0, 0.1) is 6.08 Å². The molecule has 15 nitrogen and oxygen atoms in total. The predicted molar refractivity (Wildman–Crippen MR) is 568 cm³/mol. The van der Waals surface area contributed by atoms with Crippen LogP contribution in [0.3, 0.4) is 0 Å². The van der Waals surface area contributed by atoms with Crippen LogP contribution < -0.4 is 0 Å². The van der Waals surface area contributed by atoms with Gasteiger partial charge in [-0.25, -0.2) is 9.97 Å². The Labute approximate surface area is 824 Å². The molecule has 0 saturated heterocycles. The molecule has 1 aliphatic rings. The summed E-state index contributed by atoms with van der Waals surface area (Å²) >= 11 is 9.06. The van der Waals surface area contributed by atoms with Crippen molar-refractivity contribution in [2.24, 2.45) is 0 Å². The lowest BCUT2D eigenvalue weighted by atomic mass is 10.1. The van der Waals surface area contributed by atoms with E-state index < -0.39 is 42.3 Å². The standard InChI is InChI=1S/C45H27N5O.C30H18N2O.C18H11N2.C15H10ClN3.C12H7BrO.H2/c1-3-13-28(14-4-1)43-46-44(29-15-5-2-6-16-29)48-45(47-43)50-38-21-11-8-18-32(38)35-25-24-34-31-17-7-10-20-37(31)49(41(34)42(35)50)30-23-26-40-36(27-30)33-19-9-12-22-39(33)51-40;1-4-10-25-19(7-1)22-14-15-23-20-8-2-5-11-26(20)32(30(23)29(22)31-25)18-13-16-28-24(17-18)21-9-3-6-12-27(21)33-28;1-3-7-15-11(5-1)13-9-10-14-12-6-2-4-8-16(12)20-18(14)17(13)19-15;16-15-18-13(11-7-3-1-4-8-11)17-14(19-15)12-9-5-2-6-10-12;13-8-5-6-12-10(7-8)9-3-1-2-4-11(9)14-12;/h1-27H;1-17,31H;1,3-10,19-20H;1-10H;1-7H;1H/q;;+1;;;/i9D,12D,19D,22D,23D,26D,27D;3D,6D,9D,12D,13D,16D,17D;;;1D,2D,3D,4D,5D,6D,7D;1+1. The number of hydrogen-bond donors (Lipinski definition) is 3. The predicted octanol–water partition coefficient (Wildman–Crippen LogP) is 32.7. The van der Waals surface area contributed by atoms with Crippen molar-refractivity contribution in [3.05, 3.63) is 439 Å². The van der Waals surface area contributed by atoms with Gasteiger partial charge in [0.05, 0.1) is 89.9 Å². The number of aromatic nitrogens is 12. The quantitative estimate of drug-likeness (QED) is 0.131. The van der Waals surface area contributed by atoms with Gasteiger partial charge in [0.2, 0.25) is 11.2 Å². The van der Waals surface area contributed by atoms with Gasteiger partial charge >= 0.3 is 0 Å². The third kappa shape index (κ3) is 13.8. The molecule has 0 bridgehead atoms. The van der Waals surface area contributed by atoms with Gasteiger partial charge < -0.3 is 37.3 Å². The van der Waals surface area contributed by atoms with Crippen molar-refractivity contribution >= 4 is 225 Å². The van der Waals surface area contributed by atoms with Gasteiger partial charge in [0.1, 0.15) is 51.2 Å². The second kappa shape index (κ2) is 33.1. The zero-order chi connectivity index (χ0) is 109. The summed E-state index contributed by atoms with van der Waals surface area (Å²) < 4.78 is 201. The SMILES string of the molecule is Clc1nc(-c2ccccc2)nc(-c2ccccc2)n1.[2HH].[2H]c1c([2H])c([2H])c2c(oc3c([2H])c([2H])c(-n4c5ccccc5c5ccc6c7ccccc7[nH]c6c54)c([2H])c32)c1[2H].[2H]c1c([2H])c([2H])c2c(oc3c([2H])c([2H])c(-n4c5ccccc5c5ccc6c7ccccc7n(-c7nc(-c8ccccc8)nc(-c8ccccc8)n7)c6c54)c([2H])c32)c1[2H].[2H]c1c([2H])c([2H])c2c(oc3c([2H])c([2H])c(Br)c([2H])c32)c1[2H].[C+]1=Cc2c([nH]c3c2ccc2c4ccccc4[nH]c23)C=C1. The first-order valence-corrected chi connectivity index (χ1v) is 44.7. The summed E-state index contributed by atoms with van der Waals surface area (Å²) in [5.41, 5.74) is 15.0. The molecule has 0 radical (unpaired) electrons. The maximum absolute atomic E-state index is 9.80. The van der Waals surface area contributed by atoms with Crippen LogP contribution in [0.25, 0.3) is 261 Å². The van der Waals surface area contributed by atoms with E-state index in [0.29, 0.717) is 45.8 Å². The van der Waals surface area contributed by atoms with E-state index >= 15 is 0 Å². The van der Waals surface area contributed by atoms with E-state index in [1.54, 1.807) is 0 Å². The van der Waals surface area contributed by atoms with Gasteiger partial charge in [-0.1, -0.05) is 313 Å². The lowest BCUT2D eigenvalue weighted by Crippen LogP contribution is -2.07. The molecule has 646 valence electrons. The summed E-state index contributed by atoms with van der Waals surface area (Å²) in [5.74, 6) is 2.48. The summed E-state index contributed by atoms with van der Waals surface area (Å²) in [4.78, 5) is 38.6. The lowest BCUT2D eigenvalue weighted by Gasteiger charge is -2.13. The first kappa shape index (κ1) is 60.9. The summed E-state index contributed by atoms with van der Waals surface area (Å²) in [7, 11) is 0. The Bertz CT molecular complexity index is 11100. The number of aromatic amines is 3. The van der Waals surface area contributed by atoms with Gasteiger partial charge in [-0.3, -0.25) is 4.57 Å². The maximum Gasteiger partial charge on any atom is 0.238 e. The van der Waals surface area contributed by atoms with E-state index in [-0.39, 0.29) is 173 Å². The Morgan fingerprint density at radius 2 is 0.657 bits per heavy atom. The van der Waals surface area contributed by atoms with Crippen molar-refractivity contribution in [3.63, 3.8) is 0 Å². The molecule has 18 aromatic carbocycles. The summed E-state index contributed by atoms with van der Waals surface area (Å²) in [6.45, 7) is 0. The van der Waals surface area contributed by atoms with E-state index in [9.17, 15) is 5.48 Å². The van der Waals surface area contributed by atoms with Gasteiger partial charge in [0.25, 0.3) is 0 Å². The van der Waals surface area contributed by atoms with Crippen LogP contribution >= 0.6 is 27.5 Å². The number of furan rings is 3. The van der Waals surface area contributed by atoms with E-state index in [1.165, 1.54) is 38.3 Å². The van der Waals surface area contributed by atoms with E-state index in [1.807, 2.05) is 256 Å². The molecule has 0 unspecified atom stereocenters. The number of allylic oxidation sites excluding steroid dienone is 2. The first-order valence-electron chi connectivity index (χ1n) is 54.0. The molecule has 11 aromatic heterocycles. The molecule has 29 aromatic rings. The summed E-state index contributed by atoms with van der Waals surface area (Å²) in [6.07, 6.45) is 9.22. The van der Waals surface area contributed by atoms with Crippen molar-refractivity contribution in [2.75, 3.05) is 0 Å². The second-order valence-corrected chi connectivity index (χ2v) is 33.4. The van der Waals surface area contributed by atoms with Gasteiger partial charge in [0.15, 0.2) is 29.0 Å². The van der Waals surface area contributed by atoms with Crippen molar-refractivity contribution < 1.29 is 43.5 Å². The number of nitrogens with one attached hydrogen (secondary N) is 3. The Balaban J connectivity index is 0.000000110. The molecule has 30 rings (SSSR count). The molecule has 0 fully saturated rings. The number of halogens is 2. The third-order valence-electron chi connectivity index (χ3n) is 24.5. The molecule has 0 aliphatic heterocycles. The number of rotatable bonds is 7. The molecule has 137 heavy (non-hydrogen) atoms. The molecule has 0 saturated carbocycles. The molecule has 3 N–H and O–H groups in total. The van der Waals surface area contributed by atoms with Crippen molar-refractivity contribution in [3.8, 4) is 62.9 Å². The molecular formula is C120H75BrClN12O3+. The number of para-hydroxylation sites is 8. The van der Waals surface area contributed by atoms with Crippen molar-refractivity contribution in [1.29, 1.82) is 0 Å². The largest absolute Gasteiger partial charge is 0.456 e.